The largest absolute Gasteiger partial charge is 0.497 e. The minimum atomic E-state index is -3.90. The summed E-state index contributed by atoms with van der Waals surface area (Å²) in [4.78, 5) is 9.10. The summed E-state index contributed by atoms with van der Waals surface area (Å²) in [5.74, 6) is 0.993. The number of sulfonamides is 1. The highest BCUT2D eigenvalue weighted by molar-refractivity contribution is 7.92. The maximum Gasteiger partial charge on any atom is 0.263 e. The molecule has 0 atom stereocenters. The van der Waals surface area contributed by atoms with Crippen molar-refractivity contribution in [3.8, 4) is 5.75 Å². The van der Waals surface area contributed by atoms with Gasteiger partial charge < -0.3 is 10.1 Å². The lowest BCUT2D eigenvalue weighted by molar-refractivity contribution is 0.415. The lowest BCUT2D eigenvalue weighted by atomic mass is 9.97. The number of methoxy groups -OCH3 is 1. The van der Waals surface area contributed by atoms with E-state index >= 15 is 0 Å². The minimum absolute atomic E-state index is 0.0685. The molecular weight excluding hydrogens is 399 g/mol. The maximum atomic E-state index is 12.9. The number of rotatable bonds is 6. The monoisotopic (exact) mass is 416 g/mol. The van der Waals surface area contributed by atoms with E-state index in [0.29, 0.717) is 27.9 Å². The molecule has 3 aromatic carbocycles. The zero-order valence-corrected chi connectivity index (χ0v) is 16.8. The SMILES string of the molecule is [B]c1ccc(S(=O)(=O)Nc2nc3ccccc3nc2Nc2cccc(OC)c2)cc1. The Balaban J connectivity index is 1.77. The van der Waals surface area contributed by atoms with E-state index in [1.807, 2.05) is 30.3 Å². The molecule has 4 rings (SSSR count). The van der Waals surface area contributed by atoms with Crippen LogP contribution in [0.2, 0.25) is 0 Å². The van der Waals surface area contributed by atoms with Crippen molar-refractivity contribution in [2.24, 2.45) is 0 Å². The van der Waals surface area contributed by atoms with Crippen LogP contribution in [0.5, 0.6) is 5.75 Å². The van der Waals surface area contributed by atoms with Crippen LogP contribution in [0.1, 0.15) is 0 Å². The lowest BCUT2D eigenvalue weighted by Gasteiger charge is -2.14. The molecule has 9 heteroatoms. The summed E-state index contributed by atoms with van der Waals surface area (Å²) in [5, 5.41) is 3.12. The molecule has 1 heterocycles. The lowest BCUT2D eigenvalue weighted by Crippen LogP contribution is -2.16. The van der Waals surface area contributed by atoms with Crippen LogP contribution in [0.15, 0.2) is 77.7 Å². The molecule has 2 N–H and O–H groups in total. The van der Waals surface area contributed by atoms with Crippen LogP contribution in [0.4, 0.5) is 17.3 Å². The third-order valence-corrected chi connectivity index (χ3v) is 5.68. The summed E-state index contributed by atoms with van der Waals surface area (Å²) < 4.78 is 33.5. The number of benzene rings is 3. The molecule has 0 aliphatic rings. The van der Waals surface area contributed by atoms with Crippen molar-refractivity contribution in [1.29, 1.82) is 0 Å². The van der Waals surface area contributed by atoms with Gasteiger partial charge in [0.2, 0.25) is 0 Å². The topological polar surface area (TPSA) is 93.2 Å². The van der Waals surface area contributed by atoms with Crippen molar-refractivity contribution in [3.63, 3.8) is 0 Å². The van der Waals surface area contributed by atoms with Gasteiger partial charge in [-0.2, -0.15) is 0 Å². The Morgan fingerprint density at radius 2 is 1.53 bits per heavy atom. The van der Waals surface area contributed by atoms with E-state index in [-0.39, 0.29) is 16.5 Å². The standard InChI is InChI=1S/C21H17BN4O3S/c1-29-16-6-4-5-15(13-16)23-20-21(25-19-8-3-2-7-18(19)24-20)26-30(27,28)17-11-9-14(22)10-12-17/h2-13H,1H3,(H,23,24)(H,25,26). The molecule has 30 heavy (non-hydrogen) atoms. The van der Waals surface area contributed by atoms with E-state index in [2.05, 4.69) is 20.0 Å². The van der Waals surface area contributed by atoms with E-state index in [1.54, 1.807) is 25.3 Å². The molecule has 0 spiro atoms. The van der Waals surface area contributed by atoms with E-state index in [4.69, 9.17) is 12.6 Å². The molecule has 0 unspecified atom stereocenters. The predicted molar refractivity (Wildman–Crippen MR) is 118 cm³/mol. The Kier molecular flexibility index (Phi) is 5.28. The summed E-state index contributed by atoms with van der Waals surface area (Å²) in [6.07, 6.45) is 0. The van der Waals surface area contributed by atoms with E-state index in [1.165, 1.54) is 24.3 Å². The molecule has 0 saturated carbocycles. The number of hydrogen-bond acceptors (Lipinski definition) is 6. The van der Waals surface area contributed by atoms with Crippen molar-refractivity contribution in [2.45, 2.75) is 4.90 Å². The number of ether oxygens (including phenoxy) is 1. The molecule has 0 aliphatic carbocycles. The second kappa shape index (κ2) is 8.04. The summed E-state index contributed by atoms with van der Waals surface area (Å²) in [6, 6.07) is 20.3. The number of nitrogens with zero attached hydrogens (tertiary/aromatic N) is 2. The summed E-state index contributed by atoms with van der Waals surface area (Å²) in [7, 11) is 3.33. The van der Waals surface area contributed by atoms with E-state index in [0.717, 1.165) is 0 Å². The first-order chi connectivity index (χ1) is 14.4. The fourth-order valence-corrected chi connectivity index (χ4v) is 3.84. The van der Waals surface area contributed by atoms with Gasteiger partial charge in [0, 0.05) is 11.8 Å². The second-order valence-corrected chi connectivity index (χ2v) is 8.12. The van der Waals surface area contributed by atoms with Crippen LogP contribution in [0.25, 0.3) is 11.0 Å². The predicted octanol–water partition coefficient (Wildman–Crippen LogP) is 2.98. The van der Waals surface area contributed by atoms with Crippen molar-refractivity contribution >= 4 is 51.7 Å². The van der Waals surface area contributed by atoms with E-state index in [9.17, 15) is 8.42 Å². The van der Waals surface area contributed by atoms with Gasteiger partial charge in [0.15, 0.2) is 11.6 Å². The molecule has 148 valence electrons. The van der Waals surface area contributed by atoms with Gasteiger partial charge >= 0.3 is 0 Å². The molecule has 2 radical (unpaired) electrons. The summed E-state index contributed by atoms with van der Waals surface area (Å²) in [5.41, 5.74) is 2.33. The molecule has 4 aromatic rings. The zero-order chi connectivity index (χ0) is 21.1. The summed E-state index contributed by atoms with van der Waals surface area (Å²) >= 11 is 0. The first kappa shape index (κ1) is 19.7. The van der Waals surface area contributed by atoms with E-state index < -0.39 is 10.0 Å². The van der Waals surface area contributed by atoms with Crippen LogP contribution in [0, 0.1) is 0 Å². The highest BCUT2D eigenvalue weighted by Gasteiger charge is 2.19. The Morgan fingerprint density at radius 3 is 2.20 bits per heavy atom. The molecule has 0 saturated heterocycles. The van der Waals surface area contributed by atoms with Gasteiger partial charge in [-0.15, -0.1) is 0 Å². The van der Waals surface area contributed by atoms with Gasteiger partial charge in [0.05, 0.1) is 23.0 Å². The number of aromatic nitrogens is 2. The molecule has 0 aliphatic heterocycles. The smallest absolute Gasteiger partial charge is 0.263 e. The van der Waals surface area contributed by atoms with Gasteiger partial charge in [-0.05, 0) is 36.4 Å². The summed E-state index contributed by atoms with van der Waals surface area (Å²) in [6.45, 7) is 0. The van der Waals surface area contributed by atoms with Crippen molar-refractivity contribution in [1.82, 2.24) is 9.97 Å². The normalized spacial score (nSPS) is 11.2. The quantitative estimate of drug-likeness (QED) is 0.470. The van der Waals surface area contributed by atoms with Crippen LogP contribution < -0.4 is 20.2 Å². The van der Waals surface area contributed by atoms with Gasteiger partial charge in [0.25, 0.3) is 10.0 Å². The molecule has 0 amide bonds. The first-order valence-electron chi connectivity index (χ1n) is 9.01. The molecule has 0 fully saturated rings. The van der Waals surface area contributed by atoms with Crippen molar-refractivity contribution in [2.75, 3.05) is 17.1 Å². The number of fused-ring (bicyclic) bond motifs is 1. The van der Waals surface area contributed by atoms with Gasteiger partial charge in [-0.3, -0.25) is 4.72 Å². The van der Waals surface area contributed by atoms with Crippen LogP contribution >= 0.6 is 0 Å². The number of para-hydroxylation sites is 2. The van der Waals surface area contributed by atoms with Gasteiger partial charge in [-0.25, -0.2) is 18.4 Å². The fourth-order valence-electron chi connectivity index (χ4n) is 2.83. The molecule has 1 aromatic heterocycles. The maximum absolute atomic E-state index is 12.9. The van der Waals surface area contributed by atoms with Crippen LogP contribution in [-0.2, 0) is 10.0 Å². The highest BCUT2D eigenvalue weighted by Crippen LogP contribution is 2.28. The zero-order valence-electron chi connectivity index (χ0n) is 16.0. The third kappa shape index (κ3) is 4.21. The van der Waals surface area contributed by atoms with Crippen LogP contribution in [0.3, 0.4) is 0 Å². The first-order valence-corrected chi connectivity index (χ1v) is 10.5. The minimum Gasteiger partial charge on any atom is -0.497 e. The third-order valence-electron chi connectivity index (χ3n) is 4.32. The molecule has 0 bridgehead atoms. The van der Waals surface area contributed by atoms with Gasteiger partial charge in [-0.1, -0.05) is 35.8 Å². The Hall–Kier alpha value is -3.59. The number of nitrogens with one attached hydrogen (secondary N) is 2. The number of anilines is 3. The Morgan fingerprint density at radius 1 is 0.867 bits per heavy atom. The Labute approximate surface area is 175 Å². The van der Waals surface area contributed by atoms with Crippen molar-refractivity contribution in [3.05, 3.63) is 72.8 Å². The Bertz CT molecular complexity index is 1310. The van der Waals surface area contributed by atoms with Crippen LogP contribution in [-0.4, -0.2) is 33.3 Å². The fraction of sp³-hybridized carbons (Fsp3) is 0.0476. The average Bonchev–Trinajstić information content (AvgIpc) is 2.74. The highest BCUT2D eigenvalue weighted by atomic mass is 32.2. The van der Waals surface area contributed by atoms with Gasteiger partial charge in [0.1, 0.15) is 13.6 Å². The van der Waals surface area contributed by atoms with Crippen molar-refractivity contribution < 1.29 is 13.2 Å². The number of hydrogen-bond donors (Lipinski definition) is 2. The molecular formula is C21H17BN4O3S. The average molecular weight is 416 g/mol. The molecule has 7 nitrogen and oxygen atoms in total. The second-order valence-electron chi connectivity index (χ2n) is 6.44.